The number of rotatable bonds is 2. The molecule has 0 atom stereocenters. The molecule has 0 aliphatic carbocycles. The molecule has 0 spiro atoms. The van der Waals surface area contributed by atoms with E-state index >= 15 is 0 Å². The molecule has 0 aliphatic heterocycles. The van der Waals surface area contributed by atoms with Gasteiger partial charge in [-0.05, 0) is 38.1 Å². The van der Waals surface area contributed by atoms with Gasteiger partial charge in [0.1, 0.15) is 16.5 Å². The highest BCUT2D eigenvalue weighted by atomic mass is 35.5. The molecule has 3 aromatic rings. The van der Waals surface area contributed by atoms with Gasteiger partial charge >= 0.3 is 0 Å². The van der Waals surface area contributed by atoms with Crippen LogP contribution in [0.3, 0.4) is 0 Å². The zero-order valence-corrected chi connectivity index (χ0v) is 13.2. The molecular formula is C14H11Cl2N3S. The Morgan fingerprint density at radius 1 is 1.05 bits per heavy atom. The van der Waals surface area contributed by atoms with Gasteiger partial charge in [-0.2, -0.15) is 0 Å². The van der Waals surface area contributed by atoms with E-state index in [0.717, 1.165) is 27.5 Å². The first-order chi connectivity index (χ1) is 9.52. The van der Waals surface area contributed by atoms with E-state index in [9.17, 15) is 0 Å². The number of fused-ring (bicyclic) bond motifs is 1. The second-order valence-electron chi connectivity index (χ2n) is 4.45. The highest BCUT2D eigenvalue weighted by molar-refractivity contribution is 7.18. The largest absolute Gasteiger partial charge is 0.340 e. The third-order valence-corrected chi connectivity index (χ3v) is 4.49. The molecule has 0 unspecified atom stereocenters. The lowest BCUT2D eigenvalue weighted by Crippen LogP contribution is -1.97. The van der Waals surface area contributed by atoms with E-state index in [1.807, 2.05) is 13.0 Å². The average Bonchev–Trinajstić information content (AvgIpc) is 2.74. The molecule has 0 bridgehead atoms. The molecule has 0 saturated heterocycles. The summed E-state index contributed by atoms with van der Waals surface area (Å²) >= 11 is 13.6. The van der Waals surface area contributed by atoms with Gasteiger partial charge in [-0.1, -0.05) is 23.2 Å². The van der Waals surface area contributed by atoms with E-state index in [-0.39, 0.29) is 0 Å². The van der Waals surface area contributed by atoms with Crippen LogP contribution in [0.5, 0.6) is 0 Å². The van der Waals surface area contributed by atoms with Crippen LogP contribution in [-0.2, 0) is 0 Å². The quantitative estimate of drug-likeness (QED) is 0.690. The summed E-state index contributed by atoms with van der Waals surface area (Å²) in [5.41, 5.74) is 0.850. The van der Waals surface area contributed by atoms with Gasteiger partial charge < -0.3 is 5.32 Å². The summed E-state index contributed by atoms with van der Waals surface area (Å²) in [7, 11) is 0. The Morgan fingerprint density at radius 2 is 1.85 bits per heavy atom. The Labute approximate surface area is 130 Å². The Kier molecular flexibility index (Phi) is 3.54. The van der Waals surface area contributed by atoms with Gasteiger partial charge in [0.25, 0.3) is 0 Å². The third-order valence-electron chi connectivity index (χ3n) is 2.81. The first-order valence-corrected chi connectivity index (χ1v) is 7.57. The summed E-state index contributed by atoms with van der Waals surface area (Å²) in [5, 5.41) is 5.35. The predicted octanol–water partition coefficient (Wildman–Crippen LogP) is 5.36. The molecule has 0 saturated carbocycles. The minimum absolute atomic E-state index is 0.514. The zero-order valence-electron chi connectivity index (χ0n) is 10.9. The molecule has 0 amide bonds. The number of nitrogens with zero attached hydrogens (tertiary/aromatic N) is 2. The third kappa shape index (κ3) is 2.59. The lowest BCUT2D eigenvalue weighted by atomic mass is 10.3. The molecule has 2 aromatic heterocycles. The molecule has 0 fully saturated rings. The van der Waals surface area contributed by atoms with Gasteiger partial charge in [-0.3, -0.25) is 0 Å². The number of halogens is 2. The summed E-state index contributed by atoms with van der Waals surface area (Å²) in [6, 6.07) is 7.50. The molecule has 0 aliphatic rings. The van der Waals surface area contributed by atoms with Gasteiger partial charge in [-0.15, -0.1) is 11.3 Å². The maximum atomic E-state index is 6.03. The topological polar surface area (TPSA) is 37.8 Å². The van der Waals surface area contributed by atoms with E-state index in [4.69, 9.17) is 23.2 Å². The van der Waals surface area contributed by atoms with Gasteiger partial charge in [0, 0.05) is 10.6 Å². The zero-order chi connectivity index (χ0) is 14.3. The van der Waals surface area contributed by atoms with E-state index in [1.54, 1.807) is 23.5 Å². The van der Waals surface area contributed by atoms with E-state index in [2.05, 4.69) is 28.3 Å². The molecule has 3 nitrogen and oxygen atoms in total. The molecule has 2 heterocycles. The number of hydrogen-bond donors (Lipinski definition) is 1. The van der Waals surface area contributed by atoms with Crippen molar-refractivity contribution < 1.29 is 0 Å². The number of hydrogen-bond acceptors (Lipinski definition) is 4. The summed E-state index contributed by atoms with van der Waals surface area (Å²) in [6.45, 7) is 3.94. The van der Waals surface area contributed by atoms with Crippen LogP contribution in [0, 0.1) is 13.8 Å². The monoisotopic (exact) mass is 323 g/mol. The fourth-order valence-electron chi connectivity index (χ4n) is 1.95. The van der Waals surface area contributed by atoms with Crippen molar-refractivity contribution >= 4 is 56.3 Å². The smallest absolute Gasteiger partial charge is 0.142 e. The molecule has 20 heavy (non-hydrogen) atoms. The Bertz CT molecular complexity index is 798. The first kappa shape index (κ1) is 13.6. The van der Waals surface area contributed by atoms with Gasteiger partial charge in [0.2, 0.25) is 0 Å². The molecule has 1 N–H and O–H groups in total. The molecule has 0 radical (unpaired) electrons. The lowest BCUT2D eigenvalue weighted by molar-refractivity contribution is 1.10. The van der Waals surface area contributed by atoms with E-state index in [1.165, 1.54) is 4.88 Å². The number of nitrogens with one attached hydrogen (secondary N) is 1. The SMILES string of the molecule is Cc1nc(Nc2ccc(Cl)c(Cl)c2)c2cc(C)sc2n1. The minimum Gasteiger partial charge on any atom is -0.340 e. The van der Waals surface area contributed by atoms with Crippen molar-refractivity contribution in [3.05, 3.63) is 45.0 Å². The van der Waals surface area contributed by atoms with Crippen molar-refractivity contribution in [2.45, 2.75) is 13.8 Å². The fourth-order valence-corrected chi connectivity index (χ4v) is 3.18. The van der Waals surface area contributed by atoms with Crippen molar-refractivity contribution in [2.24, 2.45) is 0 Å². The highest BCUT2D eigenvalue weighted by Crippen LogP contribution is 2.32. The maximum Gasteiger partial charge on any atom is 0.142 e. The number of anilines is 2. The van der Waals surface area contributed by atoms with E-state index in [0.29, 0.717) is 10.0 Å². The van der Waals surface area contributed by atoms with Crippen LogP contribution in [0.2, 0.25) is 10.0 Å². The van der Waals surface area contributed by atoms with Crippen LogP contribution in [0.4, 0.5) is 11.5 Å². The van der Waals surface area contributed by atoms with Crippen LogP contribution in [0.25, 0.3) is 10.2 Å². The van der Waals surface area contributed by atoms with Crippen LogP contribution in [0.15, 0.2) is 24.3 Å². The molecular weight excluding hydrogens is 313 g/mol. The normalized spacial score (nSPS) is 11.0. The van der Waals surface area contributed by atoms with Crippen molar-refractivity contribution in [3.8, 4) is 0 Å². The van der Waals surface area contributed by atoms with Gasteiger partial charge in [0.15, 0.2) is 0 Å². The Morgan fingerprint density at radius 3 is 2.60 bits per heavy atom. The molecule has 3 rings (SSSR count). The number of aromatic nitrogens is 2. The Hall–Kier alpha value is -1.36. The molecule has 102 valence electrons. The van der Waals surface area contributed by atoms with Crippen molar-refractivity contribution in [1.29, 1.82) is 0 Å². The fraction of sp³-hybridized carbons (Fsp3) is 0.143. The Balaban J connectivity index is 2.07. The molecule has 6 heteroatoms. The first-order valence-electron chi connectivity index (χ1n) is 6.00. The van der Waals surface area contributed by atoms with Crippen LogP contribution in [0.1, 0.15) is 10.7 Å². The summed E-state index contributed by atoms with van der Waals surface area (Å²) in [6.07, 6.45) is 0. The van der Waals surface area contributed by atoms with Crippen molar-refractivity contribution in [2.75, 3.05) is 5.32 Å². The minimum atomic E-state index is 0.514. The van der Waals surface area contributed by atoms with Crippen LogP contribution in [-0.4, -0.2) is 9.97 Å². The van der Waals surface area contributed by atoms with Gasteiger partial charge in [-0.25, -0.2) is 9.97 Å². The van der Waals surface area contributed by atoms with Crippen molar-refractivity contribution in [3.63, 3.8) is 0 Å². The summed E-state index contributed by atoms with van der Waals surface area (Å²) < 4.78 is 0. The number of thiophene rings is 1. The van der Waals surface area contributed by atoms with Crippen LogP contribution >= 0.6 is 34.5 Å². The van der Waals surface area contributed by atoms with Gasteiger partial charge in [0.05, 0.1) is 15.4 Å². The van der Waals surface area contributed by atoms with Crippen molar-refractivity contribution in [1.82, 2.24) is 9.97 Å². The average molecular weight is 324 g/mol. The second-order valence-corrected chi connectivity index (χ2v) is 6.50. The van der Waals surface area contributed by atoms with E-state index < -0.39 is 0 Å². The molecule has 1 aromatic carbocycles. The summed E-state index contributed by atoms with van der Waals surface area (Å²) in [4.78, 5) is 11.1. The lowest BCUT2D eigenvalue weighted by Gasteiger charge is -2.08. The van der Waals surface area contributed by atoms with Crippen LogP contribution < -0.4 is 5.32 Å². The number of benzene rings is 1. The number of aryl methyl sites for hydroxylation is 2. The highest BCUT2D eigenvalue weighted by Gasteiger charge is 2.09. The second kappa shape index (κ2) is 5.20. The standard InChI is InChI=1S/C14H11Cl2N3S/c1-7-5-10-13(17-8(2)18-14(10)20-7)19-9-3-4-11(15)12(16)6-9/h3-6H,1-2H3,(H,17,18,19). The summed E-state index contributed by atoms with van der Waals surface area (Å²) in [5.74, 6) is 1.53. The predicted molar refractivity (Wildman–Crippen MR) is 86.6 cm³/mol. The maximum absolute atomic E-state index is 6.03.